The molecule has 4 aromatic rings. The number of benzene rings is 4. The summed E-state index contributed by atoms with van der Waals surface area (Å²) in [5.41, 5.74) is 10.2. The number of nitrogens with two attached hydrogens (primary N) is 1. The summed E-state index contributed by atoms with van der Waals surface area (Å²) in [5, 5.41) is 24.2. The second-order valence-electron chi connectivity index (χ2n) is 13.1. The third-order valence-electron chi connectivity index (χ3n) is 8.09. The van der Waals surface area contributed by atoms with Gasteiger partial charge in [-0.2, -0.15) is 0 Å². The van der Waals surface area contributed by atoms with E-state index in [9.17, 15) is 10.2 Å². The number of aliphatic hydroxyl groups is 1. The Morgan fingerprint density at radius 3 is 1.60 bits per heavy atom. The van der Waals surface area contributed by atoms with Crippen LogP contribution in [0.5, 0.6) is 17.2 Å². The lowest BCUT2D eigenvalue weighted by Gasteiger charge is -2.39. The number of aromatic hydroxyl groups is 1. The first kappa shape index (κ1) is 31.9. The monoisotopic (exact) mass is 579 g/mol. The van der Waals surface area contributed by atoms with E-state index in [1.54, 1.807) is 26.4 Å². The molecule has 0 amide bonds. The average Bonchev–Trinajstić information content (AvgIpc) is 2.98. The summed E-state index contributed by atoms with van der Waals surface area (Å²) >= 11 is 0. The second kappa shape index (κ2) is 12.3. The Bertz CT molecular complexity index is 1530. The molecule has 5 heteroatoms. The van der Waals surface area contributed by atoms with E-state index in [1.807, 2.05) is 84.9 Å². The van der Waals surface area contributed by atoms with Gasteiger partial charge < -0.3 is 25.4 Å². The Balaban J connectivity index is 2.15. The van der Waals surface area contributed by atoms with E-state index in [2.05, 4.69) is 41.5 Å². The molecule has 5 nitrogen and oxygen atoms in total. The van der Waals surface area contributed by atoms with Gasteiger partial charge in [0, 0.05) is 16.7 Å². The van der Waals surface area contributed by atoms with Gasteiger partial charge in [0.2, 0.25) is 0 Å². The van der Waals surface area contributed by atoms with E-state index in [0.29, 0.717) is 33.8 Å². The Kier molecular flexibility index (Phi) is 9.10. The first-order valence-corrected chi connectivity index (χ1v) is 14.6. The Labute approximate surface area is 256 Å². The molecule has 0 saturated carbocycles. The molecule has 0 aliphatic heterocycles. The molecule has 0 aliphatic rings. The fourth-order valence-electron chi connectivity index (χ4n) is 5.41. The zero-order chi connectivity index (χ0) is 31.6. The van der Waals surface area contributed by atoms with Crippen molar-refractivity contribution in [2.24, 2.45) is 5.73 Å². The van der Waals surface area contributed by atoms with Crippen LogP contribution in [0, 0.1) is 0 Å². The van der Waals surface area contributed by atoms with Crippen molar-refractivity contribution in [3.8, 4) is 17.2 Å². The molecule has 1 unspecified atom stereocenters. The molecular formula is C38H45NO4. The molecule has 0 saturated heterocycles. The van der Waals surface area contributed by atoms with Gasteiger partial charge in [0.05, 0.1) is 20.3 Å². The van der Waals surface area contributed by atoms with Crippen LogP contribution in [0.3, 0.4) is 0 Å². The number of phenols is 1. The van der Waals surface area contributed by atoms with E-state index >= 15 is 0 Å². The van der Waals surface area contributed by atoms with Crippen LogP contribution in [0.1, 0.15) is 74.9 Å². The lowest BCUT2D eigenvalue weighted by Crippen LogP contribution is -2.48. The molecule has 226 valence electrons. The molecule has 0 fully saturated rings. The fourth-order valence-corrected chi connectivity index (χ4v) is 5.41. The number of hydrogen-bond donors (Lipinski definition) is 3. The summed E-state index contributed by atoms with van der Waals surface area (Å²) < 4.78 is 11.8. The van der Waals surface area contributed by atoms with Gasteiger partial charge in [0.1, 0.15) is 22.8 Å². The van der Waals surface area contributed by atoms with Gasteiger partial charge in [-0.05, 0) is 69.5 Å². The van der Waals surface area contributed by atoms with Gasteiger partial charge in [-0.25, -0.2) is 0 Å². The van der Waals surface area contributed by atoms with Crippen LogP contribution in [0.2, 0.25) is 0 Å². The highest BCUT2D eigenvalue weighted by molar-refractivity contribution is 5.87. The zero-order valence-electron chi connectivity index (χ0n) is 26.6. The lowest BCUT2D eigenvalue weighted by atomic mass is 9.72. The number of hydrogen-bond acceptors (Lipinski definition) is 5. The highest BCUT2D eigenvalue weighted by atomic mass is 16.5. The molecule has 0 radical (unpaired) electrons. The second-order valence-corrected chi connectivity index (χ2v) is 13.1. The van der Waals surface area contributed by atoms with Crippen LogP contribution < -0.4 is 15.2 Å². The SMILES string of the molecule is COc1ccc(C(C)(C)C)cc1C(O)(c1cc(C(C)(C)C)ccc1OC)C(N)C(=Cc1ccccc1O)c1ccccc1. The van der Waals surface area contributed by atoms with Crippen LogP contribution in [0.4, 0.5) is 0 Å². The normalized spacial score (nSPS) is 13.5. The largest absolute Gasteiger partial charge is 0.507 e. The van der Waals surface area contributed by atoms with Crippen molar-refractivity contribution in [3.63, 3.8) is 0 Å². The van der Waals surface area contributed by atoms with Gasteiger partial charge in [-0.15, -0.1) is 0 Å². The van der Waals surface area contributed by atoms with Crippen LogP contribution in [0.15, 0.2) is 91.0 Å². The maximum atomic E-state index is 13.4. The molecule has 4 aromatic carbocycles. The molecule has 4 N–H and O–H groups in total. The number of methoxy groups -OCH3 is 2. The molecule has 1 atom stereocenters. The van der Waals surface area contributed by atoms with Crippen molar-refractivity contribution in [1.82, 2.24) is 0 Å². The average molecular weight is 580 g/mol. The van der Waals surface area contributed by atoms with Crippen molar-refractivity contribution >= 4 is 11.6 Å². The van der Waals surface area contributed by atoms with E-state index in [-0.39, 0.29) is 16.6 Å². The van der Waals surface area contributed by atoms with Gasteiger partial charge in [-0.1, -0.05) is 102 Å². The van der Waals surface area contributed by atoms with E-state index in [0.717, 1.165) is 16.7 Å². The molecule has 43 heavy (non-hydrogen) atoms. The molecule has 0 bridgehead atoms. The summed E-state index contributed by atoms with van der Waals surface area (Å²) in [4.78, 5) is 0. The Morgan fingerprint density at radius 2 is 1.16 bits per heavy atom. The molecule has 4 rings (SSSR count). The van der Waals surface area contributed by atoms with E-state index < -0.39 is 11.6 Å². The van der Waals surface area contributed by atoms with Crippen LogP contribution in [-0.2, 0) is 16.4 Å². The Hall–Kier alpha value is -4.06. The molecular weight excluding hydrogens is 534 g/mol. The maximum Gasteiger partial charge on any atom is 0.141 e. The summed E-state index contributed by atoms with van der Waals surface area (Å²) in [7, 11) is 3.20. The summed E-state index contributed by atoms with van der Waals surface area (Å²) in [5.74, 6) is 1.12. The van der Waals surface area contributed by atoms with Gasteiger partial charge in [-0.3, -0.25) is 0 Å². The highest BCUT2D eigenvalue weighted by Gasteiger charge is 2.45. The number of rotatable bonds is 8. The van der Waals surface area contributed by atoms with Crippen LogP contribution in [0.25, 0.3) is 11.6 Å². The maximum absolute atomic E-state index is 13.4. The molecule has 0 heterocycles. The standard InChI is InChI=1S/C38H45NO4/c1-36(2,3)27-18-20-33(42-7)30(23-27)38(41,31-24-28(37(4,5)6)19-21-34(31)43-8)35(39)29(25-14-10-9-11-15-25)22-26-16-12-13-17-32(26)40/h9-24,35,40-41H,39H2,1-8H3. The minimum Gasteiger partial charge on any atom is -0.507 e. The first-order chi connectivity index (χ1) is 20.2. The van der Waals surface area contributed by atoms with Crippen molar-refractivity contribution in [3.05, 3.63) is 124 Å². The predicted molar refractivity (Wildman–Crippen MR) is 177 cm³/mol. The van der Waals surface area contributed by atoms with Crippen molar-refractivity contribution in [2.45, 2.75) is 64.0 Å². The summed E-state index contributed by atoms with van der Waals surface area (Å²) in [6.45, 7) is 12.8. The zero-order valence-corrected chi connectivity index (χ0v) is 26.6. The quantitative estimate of drug-likeness (QED) is 0.185. The Morgan fingerprint density at radius 1 is 0.698 bits per heavy atom. The third-order valence-corrected chi connectivity index (χ3v) is 8.09. The van der Waals surface area contributed by atoms with Crippen molar-refractivity contribution in [1.29, 1.82) is 0 Å². The molecule has 0 spiro atoms. The summed E-state index contributed by atoms with van der Waals surface area (Å²) in [6, 6.07) is 27.6. The van der Waals surface area contributed by atoms with Crippen LogP contribution >= 0.6 is 0 Å². The van der Waals surface area contributed by atoms with Gasteiger partial charge in [0.25, 0.3) is 0 Å². The van der Waals surface area contributed by atoms with Crippen molar-refractivity contribution < 1.29 is 19.7 Å². The predicted octanol–water partition coefficient (Wildman–Crippen LogP) is 7.81. The van der Waals surface area contributed by atoms with Gasteiger partial charge >= 0.3 is 0 Å². The lowest BCUT2D eigenvalue weighted by molar-refractivity contribution is 0.0644. The van der Waals surface area contributed by atoms with Gasteiger partial charge in [0.15, 0.2) is 0 Å². The topological polar surface area (TPSA) is 84.9 Å². The number of ether oxygens (including phenoxy) is 2. The number of para-hydroxylation sites is 1. The highest BCUT2D eigenvalue weighted by Crippen LogP contribution is 2.47. The van der Waals surface area contributed by atoms with Crippen LogP contribution in [-0.4, -0.2) is 30.5 Å². The van der Waals surface area contributed by atoms with E-state index in [1.165, 1.54) is 0 Å². The molecule has 0 aromatic heterocycles. The fraction of sp³-hybridized carbons (Fsp3) is 0.316. The first-order valence-electron chi connectivity index (χ1n) is 14.6. The minimum atomic E-state index is -1.83. The van der Waals surface area contributed by atoms with E-state index in [4.69, 9.17) is 15.2 Å². The minimum absolute atomic E-state index is 0.117. The summed E-state index contributed by atoms with van der Waals surface area (Å²) in [6.07, 6.45) is 1.85. The van der Waals surface area contributed by atoms with Crippen molar-refractivity contribution in [2.75, 3.05) is 14.2 Å². The third kappa shape index (κ3) is 6.48. The smallest absolute Gasteiger partial charge is 0.141 e. The molecule has 0 aliphatic carbocycles. The number of phenolic OH excluding ortho intramolecular Hbond substituents is 1.